The van der Waals surface area contributed by atoms with Crippen molar-refractivity contribution in [3.8, 4) is 0 Å². The van der Waals surface area contributed by atoms with Crippen LogP contribution in [0.1, 0.15) is 0 Å². The molecule has 0 saturated carbocycles. The molecule has 0 radical (unpaired) electrons. The second-order valence-electron chi connectivity index (χ2n) is 3.20. The van der Waals surface area contributed by atoms with Gasteiger partial charge in [-0.25, -0.2) is 0 Å². The molecule has 0 nitrogen and oxygen atoms in total. The lowest BCUT2D eigenvalue weighted by Gasteiger charge is -2.08. The van der Waals surface area contributed by atoms with Gasteiger partial charge in [0.15, 0.2) is 0 Å². The van der Waals surface area contributed by atoms with Crippen molar-refractivity contribution in [3.63, 3.8) is 0 Å². The molecule has 0 atom stereocenters. The normalized spacial score (nSPS) is 27.8. The van der Waals surface area contributed by atoms with Crippen LogP contribution in [0.5, 0.6) is 0 Å². The predicted octanol–water partition coefficient (Wildman–Crippen LogP) is 8.15. The third-order valence-electron chi connectivity index (χ3n) is 2.07. The summed E-state index contributed by atoms with van der Waals surface area (Å²) >= 11 is 12.0. The fraction of sp³-hybridized carbons (Fsp3) is 0.250. The number of hydrogen-bond donors (Lipinski definition) is 0. The highest BCUT2D eigenvalue weighted by Crippen LogP contribution is 2.72. The maximum atomic E-state index is 2.04. The lowest BCUT2D eigenvalue weighted by Crippen LogP contribution is -1.88. The van der Waals surface area contributed by atoms with E-state index in [1.165, 1.54) is 28.5 Å². The minimum atomic E-state index is 1.27. The Morgan fingerprint density at radius 2 is 0.947 bits per heavy atom. The molecule has 0 saturated heterocycles. The van der Waals surface area contributed by atoms with Crippen LogP contribution in [-0.4, -0.2) is 11.5 Å². The number of hydrogen-bond acceptors (Lipinski definition) is 11. The molecule has 102 valence electrons. The van der Waals surface area contributed by atoms with Gasteiger partial charge in [0.2, 0.25) is 0 Å². The van der Waals surface area contributed by atoms with Crippen LogP contribution < -0.4 is 0 Å². The first-order chi connectivity index (χ1) is 9.40. The Kier molecular flexibility index (Phi) is 6.00. The molecule has 4 aliphatic rings. The zero-order chi connectivity index (χ0) is 12.7. The van der Waals surface area contributed by atoms with E-state index in [0.717, 1.165) is 0 Å². The Labute approximate surface area is 156 Å². The second kappa shape index (κ2) is 7.31. The molecule has 0 fully saturated rings. The van der Waals surface area contributed by atoms with Crippen molar-refractivity contribution in [2.75, 3.05) is 11.5 Å². The largest absolute Gasteiger partial charge is 0.116 e. The van der Waals surface area contributed by atoms with Gasteiger partial charge in [0.05, 0.1) is 25.4 Å². The molecule has 0 aliphatic carbocycles. The highest BCUT2D eigenvalue weighted by atomic mass is 33.8. The van der Waals surface area contributed by atoms with Gasteiger partial charge < -0.3 is 0 Å². The van der Waals surface area contributed by atoms with E-state index in [-0.39, 0.29) is 0 Å². The third-order valence-corrected chi connectivity index (χ3v) is 20.5. The Hall–Kier alpha value is 3.07. The smallest absolute Gasteiger partial charge is 0.0786 e. The second-order valence-corrected chi connectivity index (χ2v) is 18.5. The molecule has 19 heavy (non-hydrogen) atoms. The summed E-state index contributed by atoms with van der Waals surface area (Å²) < 4.78 is 9.10. The van der Waals surface area contributed by atoms with E-state index in [1.807, 2.05) is 122 Å². The summed E-state index contributed by atoms with van der Waals surface area (Å²) in [4.78, 5) is 0. The lowest BCUT2D eigenvalue weighted by atomic mass is 11.0. The van der Waals surface area contributed by atoms with Crippen molar-refractivity contribution >= 4 is 122 Å². The molecule has 0 aromatic heterocycles. The van der Waals surface area contributed by atoms with Gasteiger partial charge in [-0.15, -0.1) is 23.5 Å². The Morgan fingerprint density at radius 3 is 1.47 bits per heavy atom. The van der Waals surface area contributed by atoms with Crippen molar-refractivity contribution in [3.05, 3.63) is 25.4 Å². The minimum Gasteiger partial charge on any atom is -0.116 e. The van der Waals surface area contributed by atoms with E-state index in [1.54, 1.807) is 8.47 Å². The third kappa shape index (κ3) is 3.61. The van der Waals surface area contributed by atoms with Gasteiger partial charge in [0.25, 0.3) is 0 Å². The van der Waals surface area contributed by atoms with Crippen LogP contribution in [0.2, 0.25) is 0 Å². The summed E-state index contributed by atoms with van der Waals surface area (Å²) in [6.45, 7) is 0. The average molecular weight is 453 g/mol. The Bertz CT molecular complexity index is 463. The summed E-state index contributed by atoms with van der Waals surface area (Å²) in [7, 11) is 9.49. The molecule has 0 amide bonds. The summed E-state index contributed by atoms with van der Waals surface area (Å²) in [5, 5.41) is 0. The zero-order valence-corrected chi connectivity index (χ0v) is 17.9. The van der Waals surface area contributed by atoms with Crippen LogP contribution in [0.15, 0.2) is 25.4 Å². The van der Waals surface area contributed by atoms with Gasteiger partial charge in [0.1, 0.15) is 0 Å². The van der Waals surface area contributed by atoms with Crippen molar-refractivity contribution in [1.29, 1.82) is 0 Å². The molecule has 0 bridgehead atoms. The van der Waals surface area contributed by atoms with Crippen LogP contribution in [0, 0.1) is 0 Å². The molecule has 4 heterocycles. The molecule has 0 N–H and O–H groups in total. The summed E-state index contributed by atoms with van der Waals surface area (Å²) in [6.07, 6.45) is 0. The quantitative estimate of drug-likeness (QED) is 0.327. The minimum absolute atomic E-state index is 1.27. The Balaban J connectivity index is 1.52. The maximum absolute atomic E-state index is 2.04. The standard InChI is InChI=1S/C8H4S11/c1-2-10-4-3(9-1)11-5(12-4)6-13-7-8(14-6)16-18-19-17-15-7/h1-2H2. The SMILES string of the molecule is C1CSC2=C(S1)SC(=C1SC3=C(SSSSS3)S1)S2. The van der Waals surface area contributed by atoms with Crippen molar-refractivity contribution in [2.24, 2.45) is 0 Å². The van der Waals surface area contributed by atoms with E-state index < -0.39 is 0 Å². The first-order valence-corrected chi connectivity index (χ1v) is 16.3. The van der Waals surface area contributed by atoms with Crippen LogP contribution >= 0.6 is 122 Å². The highest BCUT2D eigenvalue weighted by Gasteiger charge is 2.32. The van der Waals surface area contributed by atoms with Gasteiger partial charge in [0, 0.05) is 11.5 Å². The Morgan fingerprint density at radius 1 is 0.474 bits per heavy atom. The summed E-state index contributed by atoms with van der Waals surface area (Å²) in [5.74, 6) is 2.54. The zero-order valence-electron chi connectivity index (χ0n) is 8.90. The van der Waals surface area contributed by atoms with E-state index >= 15 is 0 Å². The highest BCUT2D eigenvalue weighted by molar-refractivity contribution is 9.37. The molecule has 4 rings (SSSR count). The van der Waals surface area contributed by atoms with Crippen LogP contribution in [0.25, 0.3) is 0 Å². The van der Waals surface area contributed by atoms with Crippen molar-refractivity contribution < 1.29 is 0 Å². The predicted molar refractivity (Wildman–Crippen MR) is 114 cm³/mol. The van der Waals surface area contributed by atoms with E-state index in [9.17, 15) is 0 Å². The van der Waals surface area contributed by atoms with E-state index in [4.69, 9.17) is 0 Å². The van der Waals surface area contributed by atoms with Crippen molar-refractivity contribution in [1.82, 2.24) is 0 Å². The van der Waals surface area contributed by atoms with Gasteiger partial charge in [-0.3, -0.25) is 0 Å². The maximum Gasteiger partial charge on any atom is 0.0786 e. The van der Waals surface area contributed by atoms with Crippen LogP contribution in [0.4, 0.5) is 0 Å². The molecule has 11 heteroatoms. The van der Waals surface area contributed by atoms with Gasteiger partial charge >= 0.3 is 0 Å². The first-order valence-electron chi connectivity index (χ1n) is 4.94. The molecular weight excluding hydrogens is 449 g/mol. The molecular formula is C8H4S11. The first kappa shape index (κ1) is 15.6. The monoisotopic (exact) mass is 452 g/mol. The van der Waals surface area contributed by atoms with Gasteiger partial charge in [-0.1, -0.05) is 47.0 Å². The number of thioether (sulfide) groups is 6. The lowest BCUT2D eigenvalue weighted by molar-refractivity contribution is 1.56. The topological polar surface area (TPSA) is 0 Å². The van der Waals surface area contributed by atoms with Gasteiger partial charge in [-0.05, 0) is 51.1 Å². The average Bonchev–Trinajstić information content (AvgIpc) is 2.97. The molecule has 0 aromatic carbocycles. The molecule has 0 aromatic rings. The molecule has 0 spiro atoms. The van der Waals surface area contributed by atoms with E-state index in [0.29, 0.717) is 0 Å². The van der Waals surface area contributed by atoms with Gasteiger partial charge in [-0.2, -0.15) is 0 Å². The fourth-order valence-corrected chi connectivity index (χ4v) is 21.3. The molecule has 4 aliphatic heterocycles. The van der Waals surface area contributed by atoms with E-state index in [2.05, 4.69) is 0 Å². The summed E-state index contributed by atoms with van der Waals surface area (Å²) in [5.41, 5.74) is 0. The van der Waals surface area contributed by atoms with Crippen LogP contribution in [0.3, 0.4) is 0 Å². The van der Waals surface area contributed by atoms with Crippen molar-refractivity contribution in [2.45, 2.75) is 0 Å². The summed E-state index contributed by atoms with van der Waals surface area (Å²) in [6, 6.07) is 0. The number of rotatable bonds is 0. The van der Waals surface area contributed by atoms with Crippen LogP contribution in [-0.2, 0) is 0 Å². The molecule has 0 unspecified atom stereocenters. The fourth-order valence-electron chi connectivity index (χ4n) is 1.36.